The Morgan fingerprint density at radius 2 is 2.12 bits per heavy atom. The molecule has 1 aromatic rings. The first kappa shape index (κ1) is 11.1. The molecule has 0 aromatic carbocycles. The van der Waals surface area contributed by atoms with Gasteiger partial charge in [-0.05, 0) is 43.6 Å². The van der Waals surface area contributed by atoms with Crippen LogP contribution in [0.3, 0.4) is 0 Å². The number of hydrogen-bond donors (Lipinski definition) is 1. The summed E-state index contributed by atoms with van der Waals surface area (Å²) in [6.45, 7) is 3.07. The summed E-state index contributed by atoms with van der Waals surface area (Å²) in [5, 5.41) is 8.84. The number of hydrogen-bond acceptors (Lipinski definition) is 3. The van der Waals surface area contributed by atoms with Crippen molar-refractivity contribution < 1.29 is 9.90 Å². The highest BCUT2D eigenvalue weighted by atomic mass is 16.4. The number of rotatable bonds is 3. The van der Waals surface area contributed by atoms with Gasteiger partial charge in [0, 0.05) is 12.7 Å². The Hall–Kier alpha value is -1.42. The fraction of sp³-hybridized carbons (Fsp3) is 0.500. The van der Waals surface area contributed by atoms with Crippen LogP contribution in [0.2, 0.25) is 0 Å². The maximum atomic E-state index is 10.8. The summed E-state index contributed by atoms with van der Waals surface area (Å²) >= 11 is 0. The molecule has 0 amide bonds. The maximum absolute atomic E-state index is 10.8. The molecule has 2 heterocycles. The SMILES string of the molecule is O=C(O)c1cc(CN2CCCCC2)ccn1. The summed E-state index contributed by atoms with van der Waals surface area (Å²) in [5.74, 6) is -0.958. The molecule has 0 bridgehead atoms. The van der Waals surface area contributed by atoms with E-state index >= 15 is 0 Å². The first-order chi connectivity index (χ1) is 7.75. The molecule has 4 heteroatoms. The van der Waals surface area contributed by atoms with Crippen LogP contribution in [0, 0.1) is 0 Å². The van der Waals surface area contributed by atoms with E-state index in [0.717, 1.165) is 25.2 Å². The number of pyridine rings is 1. The molecular weight excluding hydrogens is 204 g/mol. The maximum Gasteiger partial charge on any atom is 0.354 e. The number of carbonyl (C=O) groups is 1. The van der Waals surface area contributed by atoms with Crippen molar-refractivity contribution in [2.75, 3.05) is 13.1 Å². The minimum atomic E-state index is -0.958. The van der Waals surface area contributed by atoms with Crippen LogP contribution in [0.25, 0.3) is 0 Å². The largest absolute Gasteiger partial charge is 0.477 e. The fourth-order valence-electron chi connectivity index (χ4n) is 2.07. The number of likely N-dealkylation sites (tertiary alicyclic amines) is 1. The quantitative estimate of drug-likeness (QED) is 0.843. The number of carboxylic acid groups (broad SMARTS) is 1. The van der Waals surface area contributed by atoms with Gasteiger partial charge in [-0.1, -0.05) is 6.42 Å². The Balaban J connectivity index is 2.02. The van der Waals surface area contributed by atoms with E-state index in [0.29, 0.717) is 0 Å². The molecule has 16 heavy (non-hydrogen) atoms. The molecule has 0 radical (unpaired) electrons. The van der Waals surface area contributed by atoms with Gasteiger partial charge in [0.1, 0.15) is 5.69 Å². The Kier molecular flexibility index (Phi) is 3.51. The van der Waals surface area contributed by atoms with Crippen LogP contribution >= 0.6 is 0 Å². The fourth-order valence-corrected chi connectivity index (χ4v) is 2.07. The van der Waals surface area contributed by atoms with Crippen LogP contribution in [0.4, 0.5) is 0 Å². The molecular formula is C12H16N2O2. The van der Waals surface area contributed by atoms with Gasteiger partial charge in [-0.15, -0.1) is 0 Å². The molecule has 1 N–H and O–H groups in total. The van der Waals surface area contributed by atoms with Crippen LogP contribution < -0.4 is 0 Å². The highest BCUT2D eigenvalue weighted by Gasteiger charge is 2.11. The highest BCUT2D eigenvalue weighted by molar-refractivity contribution is 5.85. The average Bonchev–Trinajstić information content (AvgIpc) is 2.30. The van der Waals surface area contributed by atoms with Crippen molar-refractivity contribution in [2.45, 2.75) is 25.8 Å². The number of nitrogens with zero attached hydrogens (tertiary/aromatic N) is 2. The monoisotopic (exact) mass is 220 g/mol. The molecule has 2 rings (SSSR count). The minimum Gasteiger partial charge on any atom is -0.477 e. The van der Waals surface area contributed by atoms with Gasteiger partial charge in [-0.25, -0.2) is 9.78 Å². The summed E-state index contributed by atoms with van der Waals surface area (Å²) < 4.78 is 0. The molecule has 0 aliphatic carbocycles. The van der Waals surface area contributed by atoms with Crippen molar-refractivity contribution in [3.8, 4) is 0 Å². The molecule has 0 saturated carbocycles. The van der Waals surface area contributed by atoms with Crippen molar-refractivity contribution in [1.29, 1.82) is 0 Å². The molecule has 1 aromatic heterocycles. The predicted octanol–water partition coefficient (Wildman–Crippen LogP) is 1.77. The lowest BCUT2D eigenvalue weighted by Crippen LogP contribution is -2.29. The molecule has 1 saturated heterocycles. The van der Waals surface area contributed by atoms with Crippen LogP contribution in [-0.4, -0.2) is 34.0 Å². The second-order valence-electron chi connectivity index (χ2n) is 4.19. The van der Waals surface area contributed by atoms with Crippen molar-refractivity contribution in [3.63, 3.8) is 0 Å². The predicted molar refractivity (Wildman–Crippen MR) is 60.3 cm³/mol. The molecule has 0 unspecified atom stereocenters. The summed E-state index contributed by atoms with van der Waals surface area (Å²) in [5.41, 5.74) is 1.17. The van der Waals surface area contributed by atoms with Gasteiger partial charge >= 0.3 is 5.97 Å². The zero-order valence-electron chi connectivity index (χ0n) is 9.22. The first-order valence-corrected chi connectivity index (χ1v) is 5.66. The lowest BCUT2D eigenvalue weighted by molar-refractivity contribution is 0.0690. The van der Waals surface area contributed by atoms with Crippen LogP contribution in [-0.2, 0) is 6.54 Å². The molecule has 1 aliphatic heterocycles. The smallest absolute Gasteiger partial charge is 0.354 e. The molecule has 4 nitrogen and oxygen atoms in total. The second kappa shape index (κ2) is 5.07. The van der Waals surface area contributed by atoms with E-state index in [1.807, 2.05) is 6.07 Å². The highest BCUT2D eigenvalue weighted by Crippen LogP contribution is 2.13. The average molecular weight is 220 g/mol. The molecule has 1 fully saturated rings. The minimum absolute atomic E-state index is 0.134. The van der Waals surface area contributed by atoms with Crippen molar-refractivity contribution in [1.82, 2.24) is 9.88 Å². The van der Waals surface area contributed by atoms with Gasteiger partial charge in [0.15, 0.2) is 0 Å². The van der Waals surface area contributed by atoms with Crippen molar-refractivity contribution >= 4 is 5.97 Å². The van der Waals surface area contributed by atoms with E-state index in [-0.39, 0.29) is 5.69 Å². The summed E-state index contributed by atoms with van der Waals surface area (Å²) in [6.07, 6.45) is 5.38. The Morgan fingerprint density at radius 1 is 1.38 bits per heavy atom. The van der Waals surface area contributed by atoms with Gasteiger partial charge < -0.3 is 5.11 Å². The van der Waals surface area contributed by atoms with E-state index in [4.69, 9.17) is 5.11 Å². The van der Waals surface area contributed by atoms with Gasteiger partial charge in [-0.2, -0.15) is 0 Å². The normalized spacial score (nSPS) is 17.2. The molecule has 0 atom stereocenters. The lowest BCUT2D eigenvalue weighted by atomic mass is 10.1. The van der Waals surface area contributed by atoms with Gasteiger partial charge in [0.2, 0.25) is 0 Å². The van der Waals surface area contributed by atoms with Crippen LogP contribution in [0.15, 0.2) is 18.3 Å². The van der Waals surface area contributed by atoms with E-state index in [1.165, 1.54) is 19.3 Å². The van der Waals surface area contributed by atoms with Gasteiger partial charge in [-0.3, -0.25) is 4.90 Å². The summed E-state index contributed by atoms with van der Waals surface area (Å²) in [4.78, 5) is 16.9. The molecule has 1 aliphatic rings. The Labute approximate surface area is 94.9 Å². The van der Waals surface area contributed by atoms with E-state index in [1.54, 1.807) is 12.3 Å². The van der Waals surface area contributed by atoms with Crippen molar-refractivity contribution in [2.24, 2.45) is 0 Å². The second-order valence-corrected chi connectivity index (χ2v) is 4.19. The standard InChI is InChI=1S/C12H16N2O2/c15-12(16)11-8-10(4-5-13-11)9-14-6-2-1-3-7-14/h4-5,8H,1-3,6-7,9H2,(H,15,16). The summed E-state index contributed by atoms with van der Waals surface area (Å²) in [6, 6.07) is 3.55. The molecule has 0 spiro atoms. The number of aromatic carboxylic acids is 1. The van der Waals surface area contributed by atoms with Gasteiger partial charge in [0.25, 0.3) is 0 Å². The third kappa shape index (κ3) is 2.79. The molecule has 86 valence electrons. The Morgan fingerprint density at radius 3 is 2.81 bits per heavy atom. The van der Waals surface area contributed by atoms with E-state index in [9.17, 15) is 4.79 Å². The first-order valence-electron chi connectivity index (χ1n) is 5.66. The number of carboxylic acids is 1. The van der Waals surface area contributed by atoms with Crippen molar-refractivity contribution in [3.05, 3.63) is 29.6 Å². The Bertz CT molecular complexity index is 373. The number of aromatic nitrogens is 1. The zero-order valence-corrected chi connectivity index (χ0v) is 9.22. The number of piperidine rings is 1. The topological polar surface area (TPSA) is 53.4 Å². The summed E-state index contributed by atoms with van der Waals surface area (Å²) in [7, 11) is 0. The van der Waals surface area contributed by atoms with Crippen LogP contribution in [0.5, 0.6) is 0 Å². The lowest BCUT2D eigenvalue weighted by Gasteiger charge is -2.26. The van der Waals surface area contributed by atoms with Crippen LogP contribution in [0.1, 0.15) is 35.3 Å². The van der Waals surface area contributed by atoms with E-state index < -0.39 is 5.97 Å². The zero-order chi connectivity index (χ0) is 11.4. The third-order valence-electron chi connectivity index (χ3n) is 2.90. The van der Waals surface area contributed by atoms with E-state index in [2.05, 4.69) is 9.88 Å². The van der Waals surface area contributed by atoms with Gasteiger partial charge in [0.05, 0.1) is 0 Å². The third-order valence-corrected chi connectivity index (χ3v) is 2.90.